The lowest BCUT2D eigenvalue weighted by Gasteiger charge is -2.36. The summed E-state index contributed by atoms with van der Waals surface area (Å²) in [6, 6.07) is 0.593. The Bertz CT molecular complexity index is 297. The number of piperidine rings is 1. The van der Waals surface area contributed by atoms with E-state index in [4.69, 9.17) is 5.73 Å². The van der Waals surface area contributed by atoms with Crippen molar-refractivity contribution in [2.24, 2.45) is 12.8 Å². The Morgan fingerprint density at radius 2 is 2.29 bits per heavy atom. The van der Waals surface area contributed by atoms with Gasteiger partial charge in [0.15, 0.2) is 0 Å². The molecule has 1 aromatic heterocycles. The monoisotopic (exact) mass is 194 g/mol. The topological polar surface area (TPSA) is 47.1 Å². The number of nitrogens with zero attached hydrogens (tertiary/aromatic N) is 3. The second kappa shape index (κ2) is 3.71. The van der Waals surface area contributed by atoms with Crippen molar-refractivity contribution in [2.75, 3.05) is 13.6 Å². The highest BCUT2D eigenvalue weighted by molar-refractivity contribution is 5.14. The lowest BCUT2D eigenvalue weighted by molar-refractivity contribution is 0.163. The molecule has 78 valence electrons. The molecule has 1 aromatic rings. The van der Waals surface area contributed by atoms with Crippen LogP contribution in [0.3, 0.4) is 0 Å². The number of hydrogen-bond donors (Lipinski definition) is 1. The molecule has 4 heteroatoms. The van der Waals surface area contributed by atoms with E-state index in [0.717, 1.165) is 13.0 Å². The van der Waals surface area contributed by atoms with Gasteiger partial charge in [-0.05, 0) is 26.4 Å². The Hall–Kier alpha value is -0.870. The molecule has 1 aliphatic rings. The number of likely N-dealkylation sites (N-methyl/N-ethyl adjacent to an activating group) is 1. The smallest absolute Gasteiger partial charge is 0.0538 e. The molecule has 2 heterocycles. The summed E-state index contributed by atoms with van der Waals surface area (Å²) in [7, 11) is 4.08. The highest BCUT2D eigenvalue weighted by Gasteiger charge is 2.28. The first kappa shape index (κ1) is 9.68. The number of hydrogen-bond acceptors (Lipinski definition) is 3. The Morgan fingerprint density at radius 1 is 1.50 bits per heavy atom. The van der Waals surface area contributed by atoms with Crippen LogP contribution < -0.4 is 5.73 Å². The Kier molecular flexibility index (Phi) is 2.56. The minimum Gasteiger partial charge on any atom is -0.326 e. The maximum atomic E-state index is 6.13. The third kappa shape index (κ3) is 1.67. The number of rotatable bonds is 1. The van der Waals surface area contributed by atoms with Crippen LogP contribution in [0.5, 0.6) is 0 Å². The number of aromatic nitrogens is 2. The van der Waals surface area contributed by atoms with Gasteiger partial charge in [-0.3, -0.25) is 9.58 Å². The molecule has 2 N–H and O–H groups in total. The molecular formula is C10H18N4. The molecule has 0 radical (unpaired) electrons. The summed E-state index contributed by atoms with van der Waals surface area (Å²) >= 11 is 0. The largest absolute Gasteiger partial charge is 0.326 e. The van der Waals surface area contributed by atoms with Gasteiger partial charge in [0.25, 0.3) is 0 Å². The number of aryl methyl sites for hydroxylation is 1. The maximum absolute atomic E-state index is 6.13. The van der Waals surface area contributed by atoms with Crippen molar-refractivity contribution in [3.63, 3.8) is 0 Å². The van der Waals surface area contributed by atoms with E-state index in [1.165, 1.54) is 12.0 Å². The fraction of sp³-hybridized carbons (Fsp3) is 0.700. The lowest BCUT2D eigenvalue weighted by Crippen LogP contribution is -2.43. The summed E-state index contributed by atoms with van der Waals surface area (Å²) in [5, 5.41) is 4.20. The normalized spacial score (nSPS) is 29.4. The van der Waals surface area contributed by atoms with Crippen molar-refractivity contribution in [1.29, 1.82) is 0 Å². The van der Waals surface area contributed by atoms with Gasteiger partial charge < -0.3 is 5.73 Å². The van der Waals surface area contributed by atoms with Crippen molar-refractivity contribution in [3.8, 4) is 0 Å². The zero-order valence-electron chi connectivity index (χ0n) is 8.85. The van der Waals surface area contributed by atoms with Crippen LogP contribution in [-0.4, -0.2) is 34.3 Å². The second-order valence-corrected chi connectivity index (χ2v) is 4.18. The van der Waals surface area contributed by atoms with Gasteiger partial charge in [0, 0.05) is 24.8 Å². The second-order valence-electron chi connectivity index (χ2n) is 4.18. The average Bonchev–Trinajstić information content (AvgIpc) is 2.51. The van der Waals surface area contributed by atoms with Crippen LogP contribution in [0.2, 0.25) is 0 Å². The van der Waals surface area contributed by atoms with E-state index >= 15 is 0 Å². The van der Waals surface area contributed by atoms with Crippen molar-refractivity contribution < 1.29 is 0 Å². The van der Waals surface area contributed by atoms with Gasteiger partial charge in [-0.1, -0.05) is 0 Å². The molecule has 2 atom stereocenters. The average molecular weight is 194 g/mol. The minimum atomic E-state index is 0.248. The molecule has 0 spiro atoms. The molecule has 2 unspecified atom stereocenters. The third-order valence-electron chi connectivity index (χ3n) is 3.00. The van der Waals surface area contributed by atoms with Gasteiger partial charge in [0.1, 0.15) is 0 Å². The predicted octanol–water partition coefficient (Wildman–Crippen LogP) is 0.514. The van der Waals surface area contributed by atoms with Gasteiger partial charge >= 0.3 is 0 Å². The zero-order valence-corrected chi connectivity index (χ0v) is 8.85. The SMILES string of the molecule is CN1CCCC(N)C1c1cnn(C)c1. The van der Waals surface area contributed by atoms with Crippen molar-refractivity contribution in [3.05, 3.63) is 18.0 Å². The summed E-state index contributed by atoms with van der Waals surface area (Å²) in [6.07, 6.45) is 6.30. The van der Waals surface area contributed by atoms with E-state index in [9.17, 15) is 0 Å². The molecule has 0 amide bonds. The number of nitrogens with two attached hydrogens (primary N) is 1. The van der Waals surface area contributed by atoms with Gasteiger partial charge in [-0.2, -0.15) is 5.10 Å². The zero-order chi connectivity index (χ0) is 10.1. The molecule has 2 rings (SSSR count). The molecule has 0 saturated carbocycles. The highest BCUT2D eigenvalue weighted by atomic mass is 15.3. The summed E-state index contributed by atoms with van der Waals surface area (Å²) in [5.41, 5.74) is 7.37. The molecule has 1 saturated heterocycles. The first-order valence-electron chi connectivity index (χ1n) is 5.13. The van der Waals surface area contributed by atoms with Gasteiger partial charge in [-0.25, -0.2) is 0 Å². The summed E-state index contributed by atoms with van der Waals surface area (Å²) in [6.45, 7) is 1.13. The van der Waals surface area contributed by atoms with Crippen LogP contribution in [0.25, 0.3) is 0 Å². The molecule has 0 aliphatic carbocycles. The van der Waals surface area contributed by atoms with Crippen LogP contribution in [-0.2, 0) is 7.05 Å². The lowest BCUT2D eigenvalue weighted by atomic mass is 9.93. The Labute approximate surface area is 84.7 Å². The Morgan fingerprint density at radius 3 is 2.86 bits per heavy atom. The van der Waals surface area contributed by atoms with Crippen molar-refractivity contribution >= 4 is 0 Å². The van der Waals surface area contributed by atoms with Crippen molar-refractivity contribution in [1.82, 2.24) is 14.7 Å². The third-order valence-corrected chi connectivity index (χ3v) is 3.00. The summed E-state index contributed by atoms with van der Waals surface area (Å²) in [4.78, 5) is 2.32. The molecule has 0 bridgehead atoms. The molecule has 0 aromatic carbocycles. The maximum Gasteiger partial charge on any atom is 0.0538 e. The van der Waals surface area contributed by atoms with Gasteiger partial charge in [0.2, 0.25) is 0 Å². The van der Waals surface area contributed by atoms with E-state index in [0.29, 0.717) is 6.04 Å². The standard InChI is InChI=1S/C10H18N4/c1-13-5-3-4-9(11)10(13)8-6-12-14(2)7-8/h6-7,9-10H,3-5,11H2,1-2H3. The van der Waals surface area contributed by atoms with Crippen LogP contribution in [0.15, 0.2) is 12.4 Å². The molecule has 4 nitrogen and oxygen atoms in total. The molecule has 1 fully saturated rings. The van der Waals surface area contributed by atoms with Gasteiger partial charge in [-0.15, -0.1) is 0 Å². The summed E-state index contributed by atoms with van der Waals surface area (Å²) < 4.78 is 1.84. The minimum absolute atomic E-state index is 0.248. The van der Waals surface area contributed by atoms with Crippen molar-refractivity contribution in [2.45, 2.75) is 24.9 Å². The van der Waals surface area contributed by atoms with E-state index in [1.54, 1.807) is 0 Å². The van der Waals surface area contributed by atoms with Gasteiger partial charge in [0.05, 0.1) is 12.2 Å². The van der Waals surface area contributed by atoms with Crippen LogP contribution in [0.4, 0.5) is 0 Å². The van der Waals surface area contributed by atoms with E-state index in [2.05, 4.69) is 23.2 Å². The first-order chi connectivity index (χ1) is 6.68. The van der Waals surface area contributed by atoms with Crippen LogP contribution in [0, 0.1) is 0 Å². The molecular weight excluding hydrogens is 176 g/mol. The van der Waals surface area contributed by atoms with Crippen LogP contribution in [0.1, 0.15) is 24.4 Å². The molecule has 14 heavy (non-hydrogen) atoms. The first-order valence-corrected chi connectivity index (χ1v) is 5.13. The molecule has 1 aliphatic heterocycles. The quantitative estimate of drug-likeness (QED) is 0.708. The number of likely N-dealkylation sites (tertiary alicyclic amines) is 1. The Balaban J connectivity index is 2.22. The van der Waals surface area contributed by atoms with E-state index in [-0.39, 0.29) is 6.04 Å². The fourth-order valence-corrected chi connectivity index (χ4v) is 2.29. The van der Waals surface area contributed by atoms with Crippen LogP contribution >= 0.6 is 0 Å². The van der Waals surface area contributed by atoms with E-state index < -0.39 is 0 Å². The summed E-state index contributed by atoms with van der Waals surface area (Å²) in [5.74, 6) is 0. The fourth-order valence-electron chi connectivity index (χ4n) is 2.29. The highest BCUT2D eigenvalue weighted by Crippen LogP contribution is 2.27. The van der Waals surface area contributed by atoms with E-state index in [1.807, 2.05) is 17.9 Å². The predicted molar refractivity (Wildman–Crippen MR) is 55.8 cm³/mol.